The first kappa shape index (κ1) is 37.6. The third kappa shape index (κ3) is 11.7. The number of aliphatic carboxylic acids is 2. The second kappa shape index (κ2) is 17.9. The van der Waals surface area contributed by atoms with Crippen molar-refractivity contribution in [3.05, 3.63) is 52.1 Å². The fourth-order valence-electron chi connectivity index (χ4n) is 4.13. The molecule has 20 nitrogen and oxygen atoms in total. The molecule has 0 bridgehead atoms. The molecule has 262 valence electrons. The first-order valence-electron chi connectivity index (χ1n) is 14.6. The molecule has 0 aliphatic carbocycles. The van der Waals surface area contributed by atoms with E-state index in [1.54, 1.807) is 12.1 Å². The van der Waals surface area contributed by atoms with Crippen LogP contribution in [-0.2, 0) is 30.5 Å². The van der Waals surface area contributed by atoms with Gasteiger partial charge in [0.15, 0.2) is 11.2 Å². The highest BCUT2D eigenvalue weighted by Gasteiger charge is 2.27. The Morgan fingerprint density at radius 1 is 0.959 bits per heavy atom. The van der Waals surface area contributed by atoms with Gasteiger partial charge in [0.25, 0.3) is 11.5 Å². The molecule has 12 N–H and O–H groups in total. The van der Waals surface area contributed by atoms with E-state index in [4.69, 9.17) is 16.6 Å². The number of anilines is 2. The normalized spacial score (nSPS) is 12.6. The average molecular weight is 702 g/mol. The van der Waals surface area contributed by atoms with E-state index >= 15 is 0 Å². The Labute approximate surface area is 282 Å². The number of aromatic nitrogens is 4. The molecular formula is C28H35N11O9S. The fraction of sp³-hybridized carbons (Fsp3) is 0.357. The van der Waals surface area contributed by atoms with Crippen LogP contribution in [0.1, 0.15) is 35.3 Å². The zero-order valence-corrected chi connectivity index (χ0v) is 26.7. The van der Waals surface area contributed by atoms with Gasteiger partial charge >= 0.3 is 11.9 Å². The Morgan fingerprint density at radius 2 is 1.67 bits per heavy atom. The number of carbonyl (C=O) groups is 6. The second-order valence-electron chi connectivity index (χ2n) is 10.4. The van der Waals surface area contributed by atoms with Gasteiger partial charge in [0, 0.05) is 36.5 Å². The molecular weight excluding hydrogens is 666 g/mol. The predicted octanol–water partition coefficient (Wildman–Crippen LogP) is -2.68. The lowest BCUT2D eigenvalue weighted by Gasteiger charge is -2.20. The van der Waals surface area contributed by atoms with E-state index in [1.807, 2.05) is 0 Å². The van der Waals surface area contributed by atoms with Crippen LogP contribution in [0.25, 0.3) is 11.2 Å². The average Bonchev–Trinajstić information content (AvgIpc) is 3.06. The molecule has 21 heteroatoms. The Kier molecular flexibility index (Phi) is 13.8. The van der Waals surface area contributed by atoms with Crippen molar-refractivity contribution in [2.75, 3.05) is 29.9 Å². The molecule has 2 heterocycles. The molecule has 0 spiro atoms. The third-order valence-corrected chi connectivity index (χ3v) is 6.87. The summed E-state index contributed by atoms with van der Waals surface area (Å²) in [6.07, 6.45) is 0.0789. The number of thiol groups is 1. The van der Waals surface area contributed by atoms with Crippen LogP contribution >= 0.6 is 12.6 Å². The fourth-order valence-corrected chi connectivity index (χ4v) is 4.24. The van der Waals surface area contributed by atoms with Crippen molar-refractivity contribution in [1.29, 1.82) is 0 Å². The standard InChI is InChI=1S/C28H35N11O9S/c29-16(24(44)37-18(9-20(41)42)25(45)31-7-8-49)12-33-19(40)6-5-17(27(47)48)36-23(43)13-1-3-14(4-2-13)32-10-15-11-34-22-21(35-15)26(46)39-28(30)38-22/h1-4,11,16-18,32,49H,5-10,12,29H2,(H,31,45)(H,33,40)(H,36,43)(H,37,44)(H,41,42)(H,47,48)(H3,30,34,38,39,46)/t16-,17+,18-/m0/s1. The highest BCUT2D eigenvalue weighted by molar-refractivity contribution is 7.80. The van der Waals surface area contributed by atoms with Crippen LogP contribution in [0.15, 0.2) is 35.3 Å². The quantitative estimate of drug-likeness (QED) is 0.0602. The van der Waals surface area contributed by atoms with Crippen molar-refractivity contribution in [1.82, 2.24) is 41.2 Å². The smallest absolute Gasteiger partial charge is 0.326 e. The van der Waals surface area contributed by atoms with E-state index in [-0.39, 0.29) is 54.4 Å². The molecule has 49 heavy (non-hydrogen) atoms. The molecule has 0 aliphatic rings. The number of benzene rings is 1. The van der Waals surface area contributed by atoms with Crippen LogP contribution in [0.4, 0.5) is 11.6 Å². The lowest BCUT2D eigenvalue weighted by Crippen LogP contribution is -2.55. The zero-order valence-electron chi connectivity index (χ0n) is 25.8. The molecule has 4 amide bonds. The second-order valence-corrected chi connectivity index (χ2v) is 10.9. The summed E-state index contributed by atoms with van der Waals surface area (Å²) in [5.74, 6) is -5.54. The molecule has 0 fully saturated rings. The Hall–Kier alpha value is -5.83. The maximum Gasteiger partial charge on any atom is 0.326 e. The number of carboxylic acids is 2. The number of aromatic amines is 1. The monoisotopic (exact) mass is 701 g/mol. The van der Waals surface area contributed by atoms with Gasteiger partial charge in [-0.15, -0.1) is 0 Å². The molecule has 2 aromatic heterocycles. The van der Waals surface area contributed by atoms with Crippen molar-refractivity contribution < 1.29 is 39.0 Å². The van der Waals surface area contributed by atoms with Crippen molar-refractivity contribution in [3.8, 4) is 0 Å². The van der Waals surface area contributed by atoms with Crippen molar-refractivity contribution in [2.45, 2.75) is 43.9 Å². The van der Waals surface area contributed by atoms with E-state index < -0.39 is 72.2 Å². The van der Waals surface area contributed by atoms with Crippen molar-refractivity contribution in [2.24, 2.45) is 5.73 Å². The van der Waals surface area contributed by atoms with Gasteiger partial charge in [-0.05, 0) is 30.7 Å². The van der Waals surface area contributed by atoms with Gasteiger partial charge in [-0.25, -0.2) is 14.8 Å². The summed E-state index contributed by atoms with van der Waals surface area (Å²) in [7, 11) is 0. The van der Waals surface area contributed by atoms with Gasteiger partial charge < -0.3 is 48.3 Å². The summed E-state index contributed by atoms with van der Waals surface area (Å²) < 4.78 is 0. The Balaban J connectivity index is 1.46. The van der Waals surface area contributed by atoms with Gasteiger partial charge in [0.1, 0.15) is 18.1 Å². The van der Waals surface area contributed by atoms with E-state index in [2.05, 4.69) is 59.1 Å². The summed E-state index contributed by atoms with van der Waals surface area (Å²) in [5, 5.41) is 31.0. The summed E-state index contributed by atoms with van der Waals surface area (Å²) in [4.78, 5) is 99.1. The van der Waals surface area contributed by atoms with Crippen molar-refractivity contribution >= 4 is 71.0 Å². The number of fused-ring (bicyclic) bond motifs is 1. The number of amides is 4. The molecule has 3 aromatic rings. The van der Waals surface area contributed by atoms with Gasteiger partial charge in [-0.3, -0.25) is 33.8 Å². The summed E-state index contributed by atoms with van der Waals surface area (Å²) in [5.41, 5.74) is 12.0. The highest BCUT2D eigenvalue weighted by atomic mass is 32.1. The van der Waals surface area contributed by atoms with Crippen molar-refractivity contribution in [3.63, 3.8) is 0 Å². The number of nitrogens with zero attached hydrogens (tertiary/aromatic N) is 3. The zero-order chi connectivity index (χ0) is 36.1. The number of rotatable bonds is 18. The topological polar surface area (TPSA) is 327 Å². The minimum Gasteiger partial charge on any atom is -0.481 e. The van der Waals surface area contributed by atoms with E-state index in [0.717, 1.165) is 0 Å². The van der Waals surface area contributed by atoms with Crippen LogP contribution in [0, 0.1) is 0 Å². The predicted molar refractivity (Wildman–Crippen MR) is 176 cm³/mol. The largest absolute Gasteiger partial charge is 0.481 e. The summed E-state index contributed by atoms with van der Waals surface area (Å²) in [6, 6.07) is 1.84. The maximum atomic E-state index is 12.7. The van der Waals surface area contributed by atoms with E-state index in [1.165, 1.54) is 18.3 Å². The first-order chi connectivity index (χ1) is 23.3. The number of carbonyl (C=O) groups excluding carboxylic acids is 4. The molecule has 3 rings (SSSR count). The number of nitrogens with two attached hydrogens (primary N) is 2. The lowest BCUT2D eigenvalue weighted by atomic mass is 10.1. The number of nitrogens with one attached hydrogen (secondary N) is 6. The molecule has 1 aromatic carbocycles. The lowest BCUT2D eigenvalue weighted by molar-refractivity contribution is -0.141. The molecule has 3 atom stereocenters. The van der Waals surface area contributed by atoms with Crippen LogP contribution < -0.4 is 43.6 Å². The summed E-state index contributed by atoms with van der Waals surface area (Å²) in [6.45, 7) is -0.0794. The van der Waals surface area contributed by atoms with Crippen LogP contribution in [-0.4, -0.2) is 103 Å². The molecule has 0 radical (unpaired) electrons. The number of H-pyrrole nitrogens is 1. The molecule has 0 aliphatic heterocycles. The van der Waals surface area contributed by atoms with Gasteiger partial charge in [-0.1, -0.05) is 0 Å². The van der Waals surface area contributed by atoms with Gasteiger partial charge in [-0.2, -0.15) is 17.6 Å². The number of carboxylic acid groups (broad SMARTS) is 2. The SMILES string of the molecule is Nc1nc2ncc(CNc3ccc(C(=O)N[C@H](CCC(=O)NC[C@H](N)C(=O)N[C@@H](CC(=O)O)C(=O)NCCS)C(=O)O)cc3)nc2c(=O)[nH]1. The van der Waals surface area contributed by atoms with Gasteiger partial charge in [0.05, 0.1) is 24.9 Å². The Morgan fingerprint density at radius 3 is 2.33 bits per heavy atom. The minimum atomic E-state index is -1.43. The maximum absolute atomic E-state index is 12.7. The van der Waals surface area contributed by atoms with Gasteiger partial charge in [0.2, 0.25) is 23.7 Å². The number of hydrogen-bond acceptors (Lipinski definition) is 14. The highest BCUT2D eigenvalue weighted by Crippen LogP contribution is 2.12. The minimum absolute atomic E-state index is 0.0212. The molecule has 0 saturated heterocycles. The number of nitrogen functional groups attached to an aromatic ring is 1. The van der Waals surface area contributed by atoms with Crippen LogP contribution in [0.3, 0.4) is 0 Å². The first-order valence-corrected chi connectivity index (χ1v) is 15.2. The third-order valence-electron chi connectivity index (χ3n) is 6.65. The molecule has 0 saturated carbocycles. The van der Waals surface area contributed by atoms with E-state index in [0.29, 0.717) is 11.4 Å². The van der Waals surface area contributed by atoms with E-state index in [9.17, 15) is 38.7 Å². The van der Waals surface area contributed by atoms with Crippen LogP contribution in [0.2, 0.25) is 0 Å². The Bertz CT molecular complexity index is 1750. The molecule has 0 unspecified atom stereocenters. The summed E-state index contributed by atoms with van der Waals surface area (Å²) >= 11 is 3.94. The number of hydrogen-bond donors (Lipinski definition) is 11. The van der Waals surface area contributed by atoms with Crippen LogP contribution in [0.5, 0.6) is 0 Å².